The molecule has 2 N–H and O–H groups in total. The van der Waals surface area contributed by atoms with Crippen LogP contribution in [0.4, 0.5) is 25.8 Å². The van der Waals surface area contributed by atoms with Crippen LogP contribution in [0.15, 0.2) is 95.5 Å². The molecule has 37 heavy (non-hydrogen) atoms. The van der Waals surface area contributed by atoms with Crippen molar-refractivity contribution >= 4 is 44.9 Å². The van der Waals surface area contributed by atoms with Crippen LogP contribution < -0.4 is 44.9 Å². The van der Waals surface area contributed by atoms with Gasteiger partial charge in [0.05, 0.1) is 16.2 Å². The third-order valence-corrected chi connectivity index (χ3v) is 5.95. The van der Waals surface area contributed by atoms with Crippen molar-refractivity contribution in [2.45, 2.75) is 13.8 Å². The van der Waals surface area contributed by atoms with Gasteiger partial charge >= 0.3 is 29.6 Å². The van der Waals surface area contributed by atoms with Gasteiger partial charge in [-0.1, -0.05) is 48.5 Å². The average Bonchev–Trinajstić information content (AvgIpc) is 2.86. The molecule has 0 aromatic heterocycles. The zero-order valence-electron chi connectivity index (χ0n) is 20.6. The second-order valence-electron chi connectivity index (χ2n) is 7.76. The summed E-state index contributed by atoms with van der Waals surface area (Å²) in [5, 5.41) is 21.0. The minimum Gasteiger partial charge on any atom is -0.846 e. The molecule has 184 valence electrons. The van der Waals surface area contributed by atoms with Crippen LogP contribution in [0.25, 0.3) is 0 Å². The quantitative estimate of drug-likeness (QED) is 0.169. The van der Waals surface area contributed by atoms with Crippen LogP contribution in [0.2, 0.25) is 0 Å². The van der Waals surface area contributed by atoms with E-state index in [2.05, 4.69) is 21.2 Å². The number of benzene rings is 4. The maximum Gasteiger partial charge on any atom is 1.00 e. The van der Waals surface area contributed by atoms with Gasteiger partial charge in [-0.05, 0) is 77.3 Å². The van der Waals surface area contributed by atoms with E-state index in [1.807, 2.05) is 56.3 Å². The van der Waals surface area contributed by atoms with E-state index in [1.54, 1.807) is 36.4 Å². The molecule has 4 aromatic carbocycles. The van der Waals surface area contributed by atoms with E-state index in [9.17, 15) is 18.7 Å². The SMILES string of the molecule is Cc1cccc(C(=O)Nc2cc(F)c(Br)cc2F)c1C.N=C([O-])N(c1ccccc1)c1ccccc1.[Na+]. The number of amides is 1. The molecule has 0 heterocycles. The zero-order valence-corrected chi connectivity index (χ0v) is 24.1. The molecule has 0 saturated carbocycles. The molecule has 5 nitrogen and oxygen atoms in total. The molecule has 0 unspecified atom stereocenters. The van der Waals surface area contributed by atoms with E-state index in [-0.39, 0.29) is 39.7 Å². The number of anilines is 3. The predicted molar refractivity (Wildman–Crippen MR) is 141 cm³/mol. The smallest absolute Gasteiger partial charge is 0.846 e. The minimum atomic E-state index is -0.739. The standard InChI is InChI=1S/C15H12BrF2NO.C13H12N2O.Na/c1-8-4-3-5-10(9(8)2)15(20)19-14-7-12(17)11(16)6-13(14)18;14-13(16)15(11-7-3-1-4-8-11)12-9-5-2-6-10-12;/h3-7H,1-2H3,(H,19,20);1-10H,(H2,14,16);/q;;+1/p-1. The van der Waals surface area contributed by atoms with Gasteiger partial charge in [-0.15, -0.1) is 0 Å². The number of aryl methyl sites for hydroxylation is 1. The number of halogens is 3. The summed E-state index contributed by atoms with van der Waals surface area (Å²) < 4.78 is 27.1. The van der Waals surface area contributed by atoms with E-state index >= 15 is 0 Å². The second kappa shape index (κ2) is 14.0. The van der Waals surface area contributed by atoms with Crippen molar-refractivity contribution in [1.29, 1.82) is 5.41 Å². The number of carbonyl (C=O) groups excluding carboxylic acids is 1. The van der Waals surface area contributed by atoms with Gasteiger partial charge in [0, 0.05) is 23.0 Å². The monoisotopic (exact) mass is 573 g/mol. The van der Waals surface area contributed by atoms with E-state index < -0.39 is 23.6 Å². The normalized spacial score (nSPS) is 9.86. The Morgan fingerprint density at radius 2 is 1.41 bits per heavy atom. The van der Waals surface area contributed by atoms with Gasteiger partial charge in [0.2, 0.25) is 0 Å². The van der Waals surface area contributed by atoms with Gasteiger partial charge in [-0.25, -0.2) is 8.78 Å². The molecular weight excluding hydrogens is 551 g/mol. The van der Waals surface area contributed by atoms with Crippen LogP contribution in [0.3, 0.4) is 0 Å². The van der Waals surface area contributed by atoms with E-state index in [0.29, 0.717) is 16.9 Å². The number of carbonyl (C=O) groups is 1. The number of hydrogen-bond acceptors (Lipinski definition) is 3. The first-order valence-corrected chi connectivity index (χ1v) is 11.7. The maximum atomic E-state index is 13.7. The Kier molecular flexibility index (Phi) is 11.5. The van der Waals surface area contributed by atoms with Gasteiger partial charge < -0.3 is 15.3 Å². The van der Waals surface area contributed by atoms with Crippen molar-refractivity contribution in [2.24, 2.45) is 0 Å². The maximum absolute atomic E-state index is 13.7. The van der Waals surface area contributed by atoms with Crippen molar-refractivity contribution in [1.82, 2.24) is 0 Å². The molecule has 4 rings (SSSR count). The molecule has 0 radical (unpaired) electrons. The zero-order chi connectivity index (χ0) is 26.2. The Hall–Kier alpha value is -3.04. The summed E-state index contributed by atoms with van der Waals surface area (Å²) in [6.45, 7) is 3.69. The summed E-state index contributed by atoms with van der Waals surface area (Å²) in [7, 11) is 0. The predicted octanol–water partition coefficient (Wildman–Crippen LogP) is 3.72. The van der Waals surface area contributed by atoms with E-state index in [0.717, 1.165) is 23.3 Å². The van der Waals surface area contributed by atoms with Crippen molar-refractivity contribution in [2.75, 3.05) is 10.2 Å². The molecule has 0 aliphatic heterocycles. The molecular formula is C28H23BrF2N3NaO2. The number of para-hydroxylation sites is 2. The minimum absolute atomic E-state index is 0. The number of hydrogen-bond donors (Lipinski definition) is 2. The first-order valence-electron chi connectivity index (χ1n) is 10.9. The molecule has 0 bridgehead atoms. The fraction of sp³-hybridized carbons (Fsp3) is 0.0714. The number of nitrogens with one attached hydrogen (secondary N) is 2. The molecule has 0 aliphatic carbocycles. The Morgan fingerprint density at radius 3 is 1.92 bits per heavy atom. The van der Waals surface area contributed by atoms with Crippen molar-refractivity contribution in [3.8, 4) is 0 Å². The fourth-order valence-corrected chi connectivity index (χ4v) is 3.66. The van der Waals surface area contributed by atoms with Crippen LogP contribution in [-0.2, 0) is 0 Å². The fourth-order valence-electron chi connectivity index (χ4n) is 3.34. The van der Waals surface area contributed by atoms with Crippen molar-refractivity contribution in [3.63, 3.8) is 0 Å². The third-order valence-electron chi connectivity index (χ3n) is 5.34. The van der Waals surface area contributed by atoms with Gasteiger partial charge in [-0.2, -0.15) is 0 Å². The molecule has 9 heteroatoms. The first-order chi connectivity index (χ1) is 17.2. The van der Waals surface area contributed by atoms with Crippen LogP contribution in [0.5, 0.6) is 0 Å². The van der Waals surface area contributed by atoms with E-state index in [4.69, 9.17) is 5.41 Å². The van der Waals surface area contributed by atoms with Crippen molar-refractivity contribution in [3.05, 3.63) is 124 Å². The van der Waals surface area contributed by atoms with Crippen LogP contribution in [0.1, 0.15) is 21.5 Å². The van der Waals surface area contributed by atoms with Crippen molar-refractivity contribution < 1.29 is 48.2 Å². The summed E-state index contributed by atoms with van der Waals surface area (Å²) in [6.07, 6.45) is 0. The van der Waals surface area contributed by atoms with Gasteiger partial charge in [0.15, 0.2) is 0 Å². The molecule has 0 atom stereocenters. The molecule has 0 saturated heterocycles. The van der Waals surface area contributed by atoms with Crippen LogP contribution >= 0.6 is 15.9 Å². The van der Waals surface area contributed by atoms with Gasteiger partial charge in [0.1, 0.15) is 11.6 Å². The molecule has 0 fully saturated rings. The van der Waals surface area contributed by atoms with Crippen LogP contribution in [-0.4, -0.2) is 11.9 Å². The van der Waals surface area contributed by atoms with Gasteiger partial charge in [0.25, 0.3) is 5.91 Å². The summed E-state index contributed by atoms with van der Waals surface area (Å²) in [5.41, 5.74) is 3.43. The number of amidine groups is 1. The van der Waals surface area contributed by atoms with Crippen LogP contribution in [0, 0.1) is 30.9 Å². The van der Waals surface area contributed by atoms with Gasteiger partial charge in [-0.3, -0.25) is 10.2 Å². The average molecular weight is 574 g/mol. The summed E-state index contributed by atoms with van der Waals surface area (Å²) in [6, 6.07) is 24.8. The summed E-state index contributed by atoms with van der Waals surface area (Å²) in [4.78, 5) is 13.5. The molecule has 4 aromatic rings. The number of nitrogens with zero attached hydrogens (tertiary/aromatic N) is 1. The molecule has 0 aliphatic rings. The third kappa shape index (κ3) is 7.97. The van der Waals surface area contributed by atoms with E-state index in [1.165, 1.54) is 4.90 Å². The first kappa shape index (κ1) is 30.2. The second-order valence-corrected chi connectivity index (χ2v) is 8.61. The largest absolute Gasteiger partial charge is 1.00 e. The molecule has 0 spiro atoms. The number of rotatable bonds is 4. The Labute approximate surface area is 245 Å². The Morgan fingerprint density at radius 1 is 0.865 bits per heavy atom. The molecule has 1 amide bonds. The Balaban J connectivity index is 0.000000259. The topological polar surface area (TPSA) is 79.2 Å². The summed E-state index contributed by atoms with van der Waals surface area (Å²) >= 11 is 2.88. The Bertz CT molecular complexity index is 1330. The summed E-state index contributed by atoms with van der Waals surface area (Å²) in [5.74, 6) is -1.80.